The fraction of sp³-hybridized carbons (Fsp3) is 0.100. The third-order valence-corrected chi connectivity index (χ3v) is 2.35. The van der Waals surface area contributed by atoms with Crippen LogP contribution in [0.2, 0.25) is 0 Å². The first-order chi connectivity index (χ1) is 9.14. The van der Waals surface area contributed by atoms with Crippen molar-refractivity contribution in [3.05, 3.63) is 40.8 Å². The number of H-pyrrole nitrogens is 1. The predicted octanol–water partition coefficient (Wildman–Crippen LogP) is 3.79. The van der Waals surface area contributed by atoms with Gasteiger partial charge in [0, 0.05) is 0 Å². The third kappa shape index (κ3) is 2.10. The number of hydrogen-bond donors (Lipinski definition) is 1. The highest BCUT2D eigenvalue weighted by Gasteiger charge is 2.35. The topological polar surface area (TPSA) is 28.7 Å². The van der Waals surface area contributed by atoms with Gasteiger partial charge in [-0.3, -0.25) is 5.10 Å². The quantitative estimate of drug-likeness (QED) is 0.484. The first-order valence-corrected chi connectivity index (χ1v) is 4.79. The zero-order valence-electron chi connectivity index (χ0n) is 9.05. The van der Waals surface area contributed by atoms with Gasteiger partial charge in [-0.1, -0.05) is 0 Å². The molecule has 0 atom stereocenters. The van der Waals surface area contributed by atoms with Crippen LogP contribution in [0.15, 0.2) is 6.07 Å². The normalized spacial score (nSPS) is 12.0. The average Bonchev–Trinajstić information content (AvgIpc) is 2.83. The van der Waals surface area contributed by atoms with Crippen LogP contribution in [-0.4, -0.2) is 10.2 Å². The number of nitrogens with zero attached hydrogens (tertiary/aromatic N) is 1. The van der Waals surface area contributed by atoms with Gasteiger partial charge in [-0.15, -0.1) is 0 Å². The van der Waals surface area contributed by atoms with E-state index in [1.807, 2.05) is 0 Å². The zero-order valence-corrected chi connectivity index (χ0v) is 9.05. The molecule has 2 nitrogen and oxygen atoms in total. The highest BCUT2D eigenvalue weighted by molar-refractivity contribution is 5.61. The molecule has 0 fully saturated rings. The second kappa shape index (κ2) is 4.46. The van der Waals surface area contributed by atoms with Crippen LogP contribution >= 0.6 is 0 Å². The second-order valence-electron chi connectivity index (χ2n) is 3.61. The molecular weight excluding hydrogens is 300 g/mol. The minimum Gasteiger partial charge on any atom is -0.273 e. The van der Waals surface area contributed by atoms with E-state index in [0.29, 0.717) is 0 Å². The summed E-state index contributed by atoms with van der Waals surface area (Å²) in [6.07, 6.45) is -4.91. The molecule has 108 valence electrons. The Bertz CT molecular complexity index is 644. The molecule has 1 N–H and O–H groups in total. The number of aromatic amines is 1. The molecule has 0 radical (unpaired) electrons. The lowest BCUT2D eigenvalue weighted by molar-refractivity contribution is -0.141. The molecule has 0 amide bonds. The molecule has 1 heterocycles. The Labute approximate surface area is 105 Å². The maximum absolute atomic E-state index is 13.3. The van der Waals surface area contributed by atoms with Crippen molar-refractivity contribution in [2.45, 2.75) is 6.18 Å². The van der Waals surface area contributed by atoms with E-state index in [1.54, 1.807) is 0 Å². The maximum atomic E-state index is 13.3. The number of rotatable bonds is 1. The summed E-state index contributed by atoms with van der Waals surface area (Å²) in [6.45, 7) is 0. The molecule has 0 saturated carbocycles. The van der Waals surface area contributed by atoms with Gasteiger partial charge in [0.05, 0.1) is 11.3 Å². The van der Waals surface area contributed by atoms with Crippen molar-refractivity contribution >= 4 is 0 Å². The number of halogens is 8. The van der Waals surface area contributed by atoms with E-state index in [4.69, 9.17) is 0 Å². The summed E-state index contributed by atoms with van der Waals surface area (Å²) in [4.78, 5) is 0. The highest BCUT2D eigenvalue weighted by Crippen LogP contribution is 2.34. The largest absolute Gasteiger partial charge is 0.432 e. The number of alkyl halides is 3. The van der Waals surface area contributed by atoms with Gasteiger partial charge in [0.1, 0.15) is 5.69 Å². The molecule has 0 spiro atoms. The lowest BCUT2D eigenvalue weighted by atomic mass is 10.1. The summed E-state index contributed by atoms with van der Waals surface area (Å²) >= 11 is 0. The molecule has 0 bridgehead atoms. The van der Waals surface area contributed by atoms with E-state index >= 15 is 0 Å². The first kappa shape index (κ1) is 14.3. The SMILES string of the molecule is Fc1c(F)c(F)c(-c2cc(C(F)(F)F)[nH]n2)c(F)c1F. The van der Waals surface area contributed by atoms with Crippen LogP contribution in [0.25, 0.3) is 11.3 Å². The van der Waals surface area contributed by atoms with E-state index in [9.17, 15) is 35.1 Å². The maximum Gasteiger partial charge on any atom is 0.432 e. The van der Waals surface area contributed by atoms with Gasteiger partial charge in [-0.2, -0.15) is 18.3 Å². The van der Waals surface area contributed by atoms with E-state index < -0.39 is 52.2 Å². The molecule has 2 aromatic rings. The number of aromatic nitrogens is 2. The molecule has 0 aliphatic rings. The van der Waals surface area contributed by atoms with E-state index in [1.165, 1.54) is 5.10 Å². The molecule has 1 aromatic heterocycles. The number of benzene rings is 1. The molecule has 2 rings (SSSR count). The van der Waals surface area contributed by atoms with Crippen LogP contribution in [0.1, 0.15) is 5.69 Å². The molecule has 0 unspecified atom stereocenters. The van der Waals surface area contributed by atoms with Gasteiger partial charge in [0.15, 0.2) is 23.3 Å². The summed E-state index contributed by atoms with van der Waals surface area (Å²) in [5, 5.41) is 4.31. The predicted molar refractivity (Wildman–Crippen MR) is 48.8 cm³/mol. The van der Waals surface area contributed by atoms with Gasteiger partial charge >= 0.3 is 6.18 Å². The van der Waals surface area contributed by atoms with Crippen molar-refractivity contribution < 1.29 is 35.1 Å². The van der Waals surface area contributed by atoms with E-state index in [-0.39, 0.29) is 6.07 Å². The Morgan fingerprint density at radius 1 is 0.800 bits per heavy atom. The minimum absolute atomic E-state index is 0.137. The van der Waals surface area contributed by atoms with Gasteiger partial charge in [-0.05, 0) is 6.07 Å². The van der Waals surface area contributed by atoms with E-state index in [0.717, 1.165) is 0 Å². The standard InChI is InChI=1S/C10H2F8N2/c11-5-4(6(12)8(14)9(15)7(5)13)2-1-3(20-19-2)10(16,17)18/h1H,(H,19,20). The molecule has 20 heavy (non-hydrogen) atoms. The van der Waals surface area contributed by atoms with Gasteiger partial charge in [0.2, 0.25) is 5.82 Å². The fourth-order valence-electron chi connectivity index (χ4n) is 1.42. The fourth-order valence-corrected chi connectivity index (χ4v) is 1.42. The van der Waals surface area contributed by atoms with Gasteiger partial charge in [0.25, 0.3) is 0 Å². The average molecular weight is 302 g/mol. The van der Waals surface area contributed by atoms with Crippen LogP contribution in [-0.2, 0) is 6.18 Å². The Balaban J connectivity index is 2.68. The van der Waals surface area contributed by atoms with Crippen molar-refractivity contribution in [2.75, 3.05) is 0 Å². The minimum atomic E-state index is -4.91. The van der Waals surface area contributed by atoms with Crippen molar-refractivity contribution in [2.24, 2.45) is 0 Å². The summed E-state index contributed by atoms with van der Waals surface area (Å²) in [7, 11) is 0. The highest BCUT2D eigenvalue weighted by atomic mass is 19.4. The number of hydrogen-bond acceptors (Lipinski definition) is 1. The molecule has 10 heteroatoms. The van der Waals surface area contributed by atoms with Crippen LogP contribution in [0.4, 0.5) is 35.1 Å². The molecule has 0 aliphatic carbocycles. The monoisotopic (exact) mass is 302 g/mol. The lowest BCUT2D eigenvalue weighted by Gasteiger charge is -2.05. The lowest BCUT2D eigenvalue weighted by Crippen LogP contribution is -2.05. The summed E-state index contributed by atoms with van der Waals surface area (Å²) in [5.74, 6) is -11.5. The molecular formula is C10H2F8N2. The van der Waals surface area contributed by atoms with E-state index in [2.05, 4.69) is 5.10 Å². The van der Waals surface area contributed by atoms with Crippen LogP contribution in [0, 0.1) is 29.1 Å². The Kier molecular flexibility index (Phi) is 3.18. The van der Waals surface area contributed by atoms with Crippen LogP contribution in [0.5, 0.6) is 0 Å². The van der Waals surface area contributed by atoms with Gasteiger partial charge < -0.3 is 0 Å². The number of nitrogens with one attached hydrogen (secondary N) is 1. The van der Waals surface area contributed by atoms with Crippen molar-refractivity contribution in [1.29, 1.82) is 0 Å². The first-order valence-electron chi connectivity index (χ1n) is 4.79. The molecule has 0 saturated heterocycles. The Hall–Kier alpha value is -2.13. The van der Waals surface area contributed by atoms with Crippen molar-refractivity contribution in [3.8, 4) is 11.3 Å². The zero-order chi connectivity index (χ0) is 15.2. The van der Waals surface area contributed by atoms with Crippen molar-refractivity contribution in [3.63, 3.8) is 0 Å². The smallest absolute Gasteiger partial charge is 0.273 e. The molecule has 1 aromatic carbocycles. The Morgan fingerprint density at radius 3 is 1.65 bits per heavy atom. The third-order valence-electron chi connectivity index (χ3n) is 2.35. The summed E-state index contributed by atoms with van der Waals surface area (Å²) < 4.78 is 102. The molecule has 0 aliphatic heterocycles. The summed E-state index contributed by atoms with van der Waals surface area (Å²) in [6, 6.07) is 0.137. The van der Waals surface area contributed by atoms with Crippen LogP contribution in [0.3, 0.4) is 0 Å². The second-order valence-corrected chi connectivity index (χ2v) is 3.61. The van der Waals surface area contributed by atoms with Crippen LogP contribution < -0.4 is 0 Å². The van der Waals surface area contributed by atoms with Gasteiger partial charge in [-0.25, -0.2) is 22.0 Å². The summed E-state index contributed by atoms with van der Waals surface area (Å²) in [5.41, 5.74) is -4.07. The Morgan fingerprint density at radius 2 is 1.25 bits per heavy atom. The van der Waals surface area contributed by atoms with Crippen molar-refractivity contribution in [1.82, 2.24) is 10.2 Å².